The minimum Gasteiger partial charge on any atom is -0.376 e. The second kappa shape index (κ2) is 6.71. The Labute approximate surface area is 150 Å². The van der Waals surface area contributed by atoms with Crippen LogP contribution in [0.15, 0.2) is 41.8 Å². The van der Waals surface area contributed by atoms with Crippen molar-refractivity contribution >= 4 is 22.9 Å². The number of aromatic nitrogens is 2. The van der Waals surface area contributed by atoms with Crippen LogP contribution in [0.3, 0.4) is 0 Å². The molecule has 1 atom stereocenters. The van der Waals surface area contributed by atoms with Gasteiger partial charge in [0.2, 0.25) is 0 Å². The molecule has 0 bridgehead atoms. The van der Waals surface area contributed by atoms with Crippen molar-refractivity contribution < 1.29 is 4.74 Å². The summed E-state index contributed by atoms with van der Waals surface area (Å²) >= 11 is 7.94. The summed E-state index contributed by atoms with van der Waals surface area (Å²) in [6.07, 6.45) is 2.61. The van der Waals surface area contributed by atoms with E-state index in [0.717, 1.165) is 53.0 Å². The summed E-state index contributed by atoms with van der Waals surface area (Å²) in [5.41, 5.74) is 4.38. The lowest BCUT2D eigenvalue weighted by atomic mass is 10.2. The zero-order valence-corrected chi connectivity index (χ0v) is 15.1. The summed E-state index contributed by atoms with van der Waals surface area (Å²) in [5.74, 6) is 0. The van der Waals surface area contributed by atoms with Gasteiger partial charge in [0.25, 0.3) is 0 Å². The number of hydrogen-bond donors (Lipinski definition) is 0. The van der Waals surface area contributed by atoms with Gasteiger partial charge >= 0.3 is 0 Å². The molecule has 0 amide bonds. The Morgan fingerprint density at radius 2 is 2.17 bits per heavy atom. The predicted molar refractivity (Wildman–Crippen MR) is 99.7 cm³/mol. The van der Waals surface area contributed by atoms with Crippen LogP contribution in [0, 0.1) is 6.92 Å². The SMILES string of the molecule is Cc1ccc(-c2csc(-c3ccccc3Cl)n2)n1CC1CCCO1. The second-order valence-corrected chi connectivity index (χ2v) is 7.39. The molecule has 24 heavy (non-hydrogen) atoms. The van der Waals surface area contributed by atoms with E-state index < -0.39 is 0 Å². The number of thiazole rings is 1. The van der Waals surface area contributed by atoms with Crippen LogP contribution in [0.1, 0.15) is 18.5 Å². The third-order valence-electron chi connectivity index (χ3n) is 4.48. The van der Waals surface area contributed by atoms with Gasteiger partial charge < -0.3 is 9.30 Å². The van der Waals surface area contributed by atoms with Gasteiger partial charge in [0, 0.05) is 29.8 Å². The van der Waals surface area contributed by atoms with E-state index in [-0.39, 0.29) is 0 Å². The molecule has 0 spiro atoms. The molecule has 1 aromatic carbocycles. The molecule has 1 saturated heterocycles. The molecule has 0 aliphatic carbocycles. The van der Waals surface area contributed by atoms with E-state index in [4.69, 9.17) is 21.3 Å². The first-order valence-electron chi connectivity index (χ1n) is 8.21. The van der Waals surface area contributed by atoms with Crippen molar-refractivity contribution in [3.63, 3.8) is 0 Å². The number of hydrogen-bond acceptors (Lipinski definition) is 3. The van der Waals surface area contributed by atoms with E-state index in [9.17, 15) is 0 Å². The van der Waals surface area contributed by atoms with Gasteiger partial charge in [-0.15, -0.1) is 11.3 Å². The highest BCUT2D eigenvalue weighted by Gasteiger charge is 2.19. The minimum absolute atomic E-state index is 0.316. The monoisotopic (exact) mass is 358 g/mol. The lowest BCUT2D eigenvalue weighted by molar-refractivity contribution is 0.0970. The number of ether oxygens (including phenoxy) is 1. The van der Waals surface area contributed by atoms with Gasteiger partial charge in [0.15, 0.2) is 0 Å². The first kappa shape index (κ1) is 15.9. The molecule has 3 nitrogen and oxygen atoms in total. The maximum absolute atomic E-state index is 6.31. The molecule has 0 radical (unpaired) electrons. The molecule has 1 aliphatic heterocycles. The van der Waals surface area contributed by atoms with Crippen LogP contribution >= 0.6 is 22.9 Å². The lowest BCUT2D eigenvalue weighted by Gasteiger charge is -2.15. The van der Waals surface area contributed by atoms with Gasteiger partial charge in [0.05, 0.1) is 22.5 Å². The van der Waals surface area contributed by atoms with Crippen LogP contribution in [0.5, 0.6) is 0 Å². The van der Waals surface area contributed by atoms with Gasteiger partial charge in [-0.1, -0.05) is 29.8 Å². The lowest BCUT2D eigenvalue weighted by Crippen LogP contribution is -2.16. The van der Waals surface area contributed by atoms with E-state index in [1.807, 2.05) is 24.3 Å². The number of rotatable bonds is 4. The molecule has 5 heteroatoms. The van der Waals surface area contributed by atoms with Crippen molar-refractivity contribution in [3.05, 3.63) is 52.5 Å². The zero-order valence-electron chi connectivity index (χ0n) is 13.5. The largest absolute Gasteiger partial charge is 0.376 e. The summed E-state index contributed by atoms with van der Waals surface area (Å²) in [7, 11) is 0. The zero-order chi connectivity index (χ0) is 16.5. The summed E-state index contributed by atoms with van der Waals surface area (Å²) in [6, 6.07) is 12.2. The van der Waals surface area contributed by atoms with E-state index in [1.54, 1.807) is 11.3 Å². The third kappa shape index (κ3) is 3.02. The first-order chi connectivity index (χ1) is 11.7. The van der Waals surface area contributed by atoms with Gasteiger partial charge in [0.1, 0.15) is 5.01 Å². The van der Waals surface area contributed by atoms with E-state index in [2.05, 4.69) is 29.0 Å². The Hall–Kier alpha value is -1.62. The van der Waals surface area contributed by atoms with Gasteiger partial charge in [-0.3, -0.25) is 0 Å². The van der Waals surface area contributed by atoms with Gasteiger partial charge in [-0.05, 0) is 38.0 Å². The van der Waals surface area contributed by atoms with Crippen molar-refractivity contribution in [3.8, 4) is 22.0 Å². The maximum atomic E-state index is 6.31. The van der Waals surface area contributed by atoms with Crippen LogP contribution in [0.2, 0.25) is 5.02 Å². The Bertz CT molecular complexity index is 849. The highest BCUT2D eigenvalue weighted by atomic mass is 35.5. The van der Waals surface area contributed by atoms with Crippen LogP contribution in [0.25, 0.3) is 22.0 Å². The third-order valence-corrected chi connectivity index (χ3v) is 5.69. The number of aryl methyl sites for hydroxylation is 1. The van der Waals surface area contributed by atoms with Crippen LogP contribution in [-0.4, -0.2) is 22.3 Å². The predicted octanol–water partition coefficient (Wildman–Crippen LogP) is 5.42. The molecular weight excluding hydrogens is 340 g/mol. The van der Waals surface area contributed by atoms with Crippen LogP contribution < -0.4 is 0 Å². The Balaban J connectivity index is 1.66. The number of nitrogens with zero attached hydrogens (tertiary/aromatic N) is 2. The molecule has 4 rings (SSSR count). The summed E-state index contributed by atoms with van der Waals surface area (Å²) in [4.78, 5) is 4.83. The van der Waals surface area contributed by atoms with Crippen molar-refractivity contribution in [1.82, 2.24) is 9.55 Å². The smallest absolute Gasteiger partial charge is 0.125 e. The van der Waals surface area contributed by atoms with Crippen LogP contribution in [-0.2, 0) is 11.3 Å². The highest BCUT2D eigenvalue weighted by molar-refractivity contribution is 7.13. The molecule has 1 fully saturated rings. The van der Waals surface area contributed by atoms with E-state index >= 15 is 0 Å². The standard InChI is InChI=1S/C19H19ClN2OS/c1-13-8-9-18(22(13)11-14-5-4-10-23-14)17-12-24-19(21-17)15-6-2-3-7-16(15)20/h2-3,6-9,12,14H,4-5,10-11H2,1H3. The van der Waals surface area contributed by atoms with Crippen LogP contribution in [0.4, 0.5) is 0 Å². The topological polar surface area (TPSA) is 27.1 Å². The molecular formula is C19H19ClN2OS. The molecule has 2 aromatic heterocycles. The Morgan fingerprint density at radius 3 is 2.96 bits per heavy atom. The molecule has 1 aliphatic rings. The van der Waals surface area contributed by atoms with Gasteiger partial charge in [-0.2, -0.15) is 0 Å². The van der Waals surface area contributed by atoms with Crippen molar-refractivity contribution in [2.24, 2.45) is 0 Å². The van der Waals surface area contributed by atoms with Crippen molar-refractivity contribution in [2.75, 3.05) is 6.61 Å². The normalized spacial score (nSPS) is 17.5. The highest BCUT2D eigenvalue weighted by Crippen LogP contribution is 2.34. The fourth-order valence-corrected chi connectivity index (χ4v) is 4.31. The average molecular weight is 359 g/mol. The molecule has 3 aromatic rings. The average Bonchev–Trinajstić information content (AvgIpc) is 3.31. The van der Waals surface area contributed by atoms with E-state index in [1.165, 1.54) is 5.69 Å². The second-order valence-electron chi connectivity index (χ2n) is 6.12. The minimum atomic E-state index is 0.316. The quantitative estimate of drug-likeness (QED) is 0.622. The molecule has 1 unspecified atom stereocenters. The Kier molecular flexibility index (Phi) is 4.44. The first-order valence-corrected chi connectivity index (χ1v) is 9.46. The molecule has 0 saturated carbocycles. The summed E-state index contributed by atoms with van der Waals surface area (Å²) in [5, 5.41) is 3.81. The fourth-order valence-electron chi connectivity index (χ4n) is 3.18. The number of halogens is 1. The maximum Gasteiger partial charge on any atom is 0.125 e. The van der Waals surface area contributed by atoms with Crippen molar-refractivity contribution in [2.45, 2.75) is 32.4 Å². The number of benzene rings is 1. The molecule has 124 valence electrons. The Morgan fingerprint density at radius 1 is 1.29 bits per heavy atom. The van der Waals surface area contributed by atoms with E-state index in [0.29, 0.717) is 6.10 Å². The fraction of sp³-hybridized carbons (Fsp3) is 0.316. The molecule has 0 N–H and O–H groups in total. The van der Waals surface area contributed by atoms with Gasteiger partial charge in [-0.25, -0.2) is 4.98 Å². The summed E-state index contributed by atoms with van der Waals surface area (Å²) in [6.45, 7) is 3.92. The van der Waals surface area contributed by atoms with Crippen molar-refractivity contribution in [1.29, 1.82) is 0 Å². The molecule has 3 heterocycles. The summed E-state index contributed by atoms with van der Waals surface area (Å²) < 4.78 is 8.13.